The highest BCUT2D eigenvalue weighted by Crippen LogP contribution is 2.51. The summed E-state index contributed by atoms with van der Waals surface area (Å²) in [5.74, 6) is -0.617. The third-order valence-electron chi connectivity index (χ3n) is 9.28. The van der Waals surface area contributed by atoms with Crippen LogP contribution in [0.1, 0.15) is 62.6 Å². The molecule has 3 fully saturated rings. The number of halogens is 1. The fraction of sp³-hybridized carbons (Fsp3) is 0.485. The molecule has 0 bridgehead atoms. The minimum atomic E-state index is -0.341. The maximum atomic E-state index is 13.8. The van der Waals surface area contributed by atoms with Crippen LogP contribution in [0.25, 0.3) is 11.6 Å². The summed E-state index contributed by atoms with van der Waals surface area (Å²) in [6.45, 7) is 0.879. The Kier molecular flexibility index (Phi) is 8.29. The van der Waals surface area contributed by atoms with Crippen molar-refractivity contribution in [2.24, 2.45) is 17.8 Å². The number of amides is 2. The Bertz CT molecular complexity index is 1370. The maximum Gasteiger partial charge on any atom is 0.234 e. The smallest absolute Gasteiger partial charge is 0.234 e. The first-order chi connectivity index (χ1) is 20.0. The lowest BCUT2D eigenvalue weighted by Crippen LogP contribution is -2.42. The molecule has 2 aromatic rings. The van der Waals surface area contributed by atoms with E-state index in [2.05, 4.69) is 4.98 Å². The van der Waals surface area contributed by atoms with Gasteiger partial charge in [-0.1, -0.05) is 36.9 Å². The number of phenolic OH excluding ortho intramolecular Hbond substituents is 1. The highest BCUT2D eigenvalue weighted by atomic mass is 35.5. The van der Waals surface area contributed by atoms with E-state index in [1.165, 1.54) is 12.5 Å². The molecule has 4 atom stereocenters. The van der Waals surface area contributed by atoms with E-state index in [0.29, 0.717) is 37.5 Å². The predicted molar refractivity (Wildman–Crippen MR) is 157 cm³/mol. The van der Waals surface area contributed by atoms with Crippen LogP contribution < -0.4 is 0 Å². The number of allylic oxidation sites excluding steroid dienone is 1. The summed E-state index contributed by atoms with van der Waals surface area (Å²) in [7, 11) is 1.68. The van der Waals surface area contributed by atoms with Crippen LogP contribution in [0.2, 0.25) is 5.02 Å². The number of hydrogen-bond acceptors (Lipinski definition) is 6. The van der Waals surface area contributed by atoms with Gasteiger partial charge >= 0.3 is 0 Å². The molecule has 1 saturated carbocycles. The van der Waals surface area contributed by atoms with Crippen molar-refractivity contribution >= 4 is 35.1 Å². The van der Waals surface area contributed by atoms with Gasteiger partial charge in [0.2, 0.25) is 11.8 Å². The number of pyridine rings is 1. The van der Waals surface area contributed by atoms with Crippen LogP contribution in [0.3, 0.4) is 0 Å². The number of likely N-dealkylation sites (tertiary alicyclic amines) is 1. The minimum absolute atomic E-state index is 0.00570. The average Bonchev–Trinajstić information content (AvgIpc) is 3.51. The van der Waals surface area contributed by atoms with Crippen LogP contribution in [0, 0.1) is 17.8 Å². The average molecular weight is 577 g/mol. The fourth-order valence-electron chi connectivity index (χ4n) is 7.44. The lowest BCUT2D eigenvalue weighted by molar-refractivity contribution is -0.143. The number of fused-ring (bicyclic) bond motifs is 3. The second-order valence-electron chi connectivity index (χ2n) is 11.7. The lowest BCUT2D eigenvalue weighted by atomic mass is 9.69. The molecule has 1 aromatic heterocycles. The van der Waals surface area contributed by atoms with E-state index in [0.717, 1.165) is 53.7 Å². The Labute approximate surface area is 246 Å². The van der Waals surface area contributed by atoms with Crippen molar-refractivity contribution in [3.05, 3.63) is 70.0 Å². The summed E-state index contributed by atoms with van der Waals surface area (Å²) in [5, 5.41) is 10.3. The van der Waals surface area contributed by atoms with Crippen LogP contribution in [0.15, 0.2) is 53.7 Å². The zero-order valence-corrected chi connectivity index (χ0v) is 24.2. The molecule has 4 aliphatic rings. The van der Waals surface area contributed by atoms with Gasteiger partial charge in [0.05, 0.1) is 41.9 Å². The topological polar surface area (TPSA) is 89.0 Å². The number of carbonyl (C=O) groups excluding carboxylic acids is 2. The van der Waals surface area contributed by atoms with Gasteiger partial charge in [0.1, 0.15) is 5.75 Å². The molecule has 41 heavy (non-hydrogen) atoms. The zero-order chi connectivity index (χ0) is 28.5. The lowest BCUT2D eigenvalue weighted by Gasteiger charge is -2.31. The number of methoxy groups -OCH3 is 1. The summed E-state index contributed by atoms with van der Waals surface area (Å²) in [4.78, 5) is 33.7. The number of hydrogen-bond donors (Lipinski definition) is 1. The molecule has 1 N–H and O–H groups in total. The first-order valence-corrected chi connectivity index (χ1v) is 15.1. The summed E-state index contributed by atoms with van der Waals surface area (Å²) >= 11 is 6.44. The van der Waals surface area contributed by atoms with E-state index in [9.17, 15) is 14.7 Å². The number of imide groups is 1. The molecule has 1 aromatic carbocycles. The number of ether oxygens (including phenoxy) is 2. The molecular formula is C33H37ClN2O5. The van der Waals surface area contributed by atoms with Crippen molar-refractivity contribution in [1.29, 1.82) is 0 Å². The van der Waals surface area contributed by atoms with Gasteiger partial charge in [-0.2, -0.15) is 0 Å². The Morgan fingerprint density at radius 1 is 1.15 bits per heavy atom. The Balaban J connectivity index is 1.27. The van der Waals surface area contributed by atoms with Crippen LogP contribution in [-0.4, -0.2) is 59.3 Å². The van der Waals surface area contributed by atoms with Gasteiger partial charge in [-0.25, -0.2) is 0 Å². The predicted octanol–water partition coefficient (Wildman–Crippen LogP) is 6.06. The van der Waals surface area contributed by atoms with Gasteiger partial charge in [0, 0.05) is 25.3 Å². The summed E-state index contributed by atoms with van der Waals surface area (Å²) in [6.07, 6.45) is 10.7. The molecule has 2 amide bonds. The van der Waals surface area contributed by atoms with Gasteiger partial charge in [0.15, 0.2) is 0 Å². The van der Waals surface area contributed by atoms with E-state index in [4.69, 9.17) is 21.1 Å². The van der Waals surface area contributed by atoms with Crippen molar-refractivity contribution in [1.82, 2.24) is 9.88 Å². The molecule has 0 spiro atoms. The summed E-state index contributed by atoms with van der Waals surface area (Å²) in [6, 6.07) is 10.8. The number of nitrogens with zero attached hydrogens (tertiary/aromatic N) is 2. The number of aromatic hydroxyl groups is 1. The van der Waals surface area contributed by atoms with E-state index >= 15 is 0 Å². The number of carbonyl (C=O) groups is 2. The van der Waals surface area contributed by atoms with Crippen molar-refractivity contribution in [3.63, 3.8) is 0 Å². The molecule has 0 radical (unpaired) electrons. The van der Waals surface area contributed by atoms with E-state index < -0.39 is 0 Å². The number of rotatable bonds is 8. The van der Waals surface area contributed by atoms with Crippen LogP contribution >= 0.6 is 11.6 Å². The SMILES string of the molecule is COCC1=C2[C@@H](CC/C(=C/c3ccc(O)cc3Cl)c3ccccn3)OC[C@@H]2[C@@H]2C(=O)N(C3CCCCC3)C(=O)[C@@H]2C1. The number of aromatic nitrogens is 1. The van der Waals surface area contributed by atoms with Gasteiger partial charge in [-0.05, 0) is 90.8 Å². The largest absolute Gasteiger partial charge is 0.508 e. The second kappa shape index (κ2) is 12.1. The van der Waals surface area contributed by atoms with Crippen molar-refractivity contribution in [3.8, 4) is 5.75 Å². The van der Waals surface area contributed by atoms with E-state index in [1.807, 2.05) is 24.3 Å². The Hall–Kier alpha value is -3.00. The van der Waals surface area contributed by atoms with Crippen molar-refractivity contribution < 1.29 is 24.2 Å². The first kappa shape index (κ1) is 28.1. The van der Waals surface area contributed by atoms with Crippen LogP contribution in [-0.2, 0) is 19.1 Å². The van der Waals surface area contributed by atoms with Crippen molar-refractivity contribution in [2.75, 3.05) is 20.3 Å². The van der Waals surface area contributed by atoms with E-state index in [1.54, 1.807) is 30.3 Å². The molecule has 7 nitrogen and oxygen atoms in total. The second-order valence-corrected chi connectivity index (χ2v) is 12.1. The Morgan fingerprint density at radius 3 is 2.71 bits per heavy atom. The molecule has 2 aliphatic carbocycles. The van der Waals surface area contributed by atoms with Gasteiger partial charge < -0.3 is 14.6 Å². The minimum Gasteiger partial charge on any atom is -0.508 e. The fourth-order valence-corrected chi connectivity index (χ4v) is 7.67. The van der Waals surface area contributed by atoms with Crippen LogP contribution in [0.4, 0.5) is 0 Å². The maximum absolute atomic E-state index is 13.8. The number of phenols is 1. The summed E-state index contributed by atoms with van der Waals surface area (Å²) < 4.78 is 12.0. The number of benzene rings is 1. The standard InChI is InChI=1S/C33H37ClN2O5/c1-40-18-22-16-25-31(33(39)36(32(25)38)23-7-3-2-4-8-23)26-19-41-29(30(22)26)13-11-21(28-9-5-6-14-35-28)15-20-10-12-24(37)17-27(20)34/h5-6,9-10,12,14-15,17,23,25-26,29,31,37H,2-4,7-8,11,13,16,18-19H2,1H3/b21-15-/t25-,26+,29-,31-/m1/s1. The van der Waals surface area contributed by atoms with Gasteiger partial charge in [-0.15, -0.1) is 0 Å². The normalized spacial score (nSPS) is 27.0. The van der Waals surface area contributed by atoms with E-state index in [-0.39, 0.29) is 47.5 Å². The quantitative estimate of drug-likeness (QED) is 0.304. The highest BCUT2D eigenvalue weighted by Gasteiger charge is 2.58. The van der Waals surface area contributed by atoms with Gasteiger partial charge in [0.25, 0.3) is 0 Å². The molecular weight excluding hydrogens is 540 g/mol. The monoisotopic (exact) mass is 576 g/mol. The summed E-state index contributed by atoms with van der Waals surface area (Å²) in [5.41, 5.74) is 4.91. The molecule has 216 valence electrons. The molecule has 0 unspecified atom stereocenters. The molecule has 6 rings (SSSR count). The third-order valence-corrected chi connectivity index (χ3v) is 9.61. The molecule has 2 saturated heterocycles. The zero-order valence-electron chi connectivity index (χ0n) is 23.4. The third kappa shape index (κ3) is 5.47. The molecule has 3 heterocycles. The highest BCUT2D eigenvalue weighted by molar-refractivity contribution is 6.32. The van der Waals surface area contributed by atoms with Crippen molar-refractivity contribution in [2.45, 2.75) is 63.5 Å². The molecule has 2 aliphatic heterocycles. The molecule has 8 heteroatoms. The Morgan fingerprint density at radius 2 is 1.98 bits per heavy atom. The first-order valence-electron chi connectivity index (χ1n) is 14.8. The van der Waals surface area contributed by atoms with Gasteiger partial charge in [-0.3, -0.25) is 19.5 Å². The van der Waals surface area contributed by atoms with Crippen LogP contribution in [0.5, 0.6) is 5.75 Å².